The van der Waals surface area contributed by atoms with Crippen LogP contribution < -0.4 is 9.47 Å². The Morgan fingerprint density at radius 2 is 1.92 bits per heavy atom. The highest BCUT2D eigenvalue weighted by Crippen LogP contribution is 2.29. The van der Waals surface area contributed by atoms with Crippen LogP contribution in [0.3, 0.4) is 0 Å². The highest BCUT2D eigenvalue weighted by Gasteiger charge is 2.26. The number of ether oxygens (including phenoxy) is 2. The second-order valence-corrected chi connectivity index (χ2v) is 8.28. The van der Waals surface area contributed by atoms with Gasteiger partial charge in [-0.15, -0.1) is 0 Å². The minimum Gasteiger partial charge on any atom is -0.493 e. The zero-order valence-corrected chi connectivity index (χ0v) is 16.4. The summed E-state index contributed by atoms with van der Waals surface area (Å²) in [6.45, 7) is 3.55. The maximum absolute atomic E-state index is 10.4. The first-order valence-corrected chi connectivity index (χ1v) is 10.7. The van der Waals surface area contributed by atoms with E-state index in [9.17, 15) is 5.11 Å². The van der Waals surface area contributed by atoms with Gasteiger partial charge in [-0.3, -0.25) is 4.90 Å². The van der Waals surface area contributed by atoms with Crippen molar-refractivity contribution in [2.45, 2.75) is 44.2 Å². The van der Waals surface area contributed by atoms with Crippen LogP contribution in [0.25, 0.3) is 0 Å². The van der Waals surface area contributed by atoms with Crippen LogP contribution in [0.4, 0.5) is 0 Å². The number of nitrogens with zero attached hydrogens (tertiary/aromatic N) is 1. The molecule has 26 heavy (non-hydrogen) atoms. The monoisotopic (exact) mass is 375 g/mol. The second kappa shape index (κ2) is 9.55. The summed E-state index contributed by atoms with van der Waals surface area (Å²) in [7, 11) is 1.65. The van der Waals surface area contributed by atoms with E-state index in [4.69, 9.17) is 9.47 Å². The lowest BCUT2D eigenvalue weighted by Crippen LogP contribution is -2.31. The highest BCUT2D eigenvalue weighted by atomic mass is 32.2. The summed E-state index contributed by atoms with van der Waals surface area (Å²) >= 11 is 1.87. The van der Waals surface area contributed by atoms with Gasteiger partial charge >= 0.3 is 0 Å². The van der Waals surface area contributed by atoms with E-state index in [0.717, 1.165) is 42.4 Å². The van der Waals surface area contributed by atoms with Gasteiger partial charge in [-0.2, -0.15) is 11.8 Å². The van der Waals surface area contributed by atoms with E-state index in [1.165, 1.54) is 37.9 Å². The van der Waals surface area contributed by atoms with Crippen LogP contribution >= 0.6 is 11.8 Å². The molecule has 2 aliphatic rings. The quantitative estimate of drug-likeness (QED) is 0.800. The Morgan fingerprint density at radius 1 is 1.15 bits per heavy atom. The third-order valence-electron chi connectivity index (χ3n) is 5.02. The molecule has 1 N–H and O–H groups in total. The molecule has 0 atom stereocenters. The molecule has 2 fully saturated rings. The summed E-state index contributed by atoms with van der Waals surface area (Å²) in [5.74, 6) is 9.39. The number of piperidine rings is 1. The van der Waals surface area contributed by atoms with Gasteiger partial charge in [0, 0.05) is 6.54 Å². The fraction of sp³-hybridized carbons (Fsp3) is 0.619. The molecule has 2 saturated heterocycles. The number of methoxy groups -OCH3 is 1. The number of hydrogen-bond acceptors (Lipinski definition) is 5. The van der Waals surface area contributed by atoms with Crippen LogP contribution in [-0.2, 0) is 6.54 Å². The van der Waals surface area contributed by atoms with Gasteiger partial charge in [-0.1, -0.05) is 24.3 Å². The normalized spacial score (nSPS) is 20.1. The van der Waals surface area contributed by atoms with Gasteiger partial charge in [0.25, 0.3) is 0 Å². The molecule has 0 aliphatic carbocycles. The van der Waals surface area contributed by atoms with Crippen molar-refractivity contribution in [3.63, 3.8) is 0 Å². The van der Waals surface area contributed by atoms with E-state index in [-0.39, 0.29) is 6.61 Å². The molecule has 4 nitrogen and oxygen atoms in total. The molecule has 0 saturated carbocycles. The Morgan fingerprint density at radius 3 is 2.65 bits per heavy atom. The average Bonchev–Trinajstić information content (AvgIpc) is 2.67. The van der Waals surface area contributed by atoms with E-state index >= 15 is 0 Å². The SMILES string of the molecule is COc1ccc(CN2CCCCC2)cc1OCC#CC1(O)CCSCC1. The standard InChI is InChI=1S/C21H29NO3S/c1-24-19-7-6-18(17-22-11-3-2-4-12-22)16-20(19)25-13-5-8-21(23)9-14-26-15-10-21/h6-7,16,23H,2-4,9-15,17H2,1H3. The molecule has 142 valence electrons. The molecule has 0 aromatic heterocycles. The lowest BCUT2D eigenvalue weighted by Gasteiger charge is -2.26. The van der Waals surface area contributed by atoms with Crippen LogP contribution in [0.15, 0.2) is 18.2 Å². The largest absolute Gasteiger partial charge is 0.493 e. The summed E-state index contributed by atoms with van der Waals surface area (Å²) in [4.78, 5) is 2.49. The van der Waals surface area contributed by atoms with Crippen LogP contribution in [0.5, 0.6) is 11.5 Å². The smallest absolute Gasteiger partial charge is 0.162 e. The predicted molar refractivity (Wildman–Crippen MR) is 107 cm³/mol. The molecule has 1 aromatic rings. The van der Waals surface area contributed by atoms with Crippen molar-refractivity contribution in [1.82, 2.24) is 4.90 Å². The molecule has 1 aromatic carbocycles. The molecule has 0 bridgehead atoms. The molecular formula is C21H29NO3S. The fourth-order valence-electron chi connectivity index (χ4n) is 3.46. The maximum Gasteiger partial charge on any atom is 0.162 e. The molecule has 0 radical (unpaired) electrons. The van der Waals surface area contributed by atoms with E-state index in [1.807, 2.05) is 17.8 Å². The second-order valence-electron chi connectivity index (χ2n) is 7.06. The number of thioether (sulfide) groups is 1. The molecule has 0 unspecified atom stereocenters. The first-order valence-electron chi connectivity index (χ1n) is 9.51. The van der Waals surface area contributed by atoms with Crippen molar-refractivity contribution in [2.75, 3.05) is 38.3 Å². The molecule has 2 aliphatic heterocycles. The minimum atomic E-state index is -0.838. The van der Waals surface area contributed by atoms with Crippen LogP contribution in [0.2, 0.25) is 0 Å². The van der Waals surface area contributed by atoms with Crippen LogP contribution in [0, 0.1) is 11.8 Å². The lowest BCUT2D eigenvalue weighted by atomic mass is 9.98. The van der Waals surface area contributed by atoms with Crippen molar-refractivity contribution in [3.05, 3.63) is 23.8 Å². The zero-order chi connectivity index (χ0) is 18.2. The van der Waals surface area contributed by atoms with Crippen molar-refractivity contribution in [2.24, 2.45) is 0 Å². The van der Waals surface area contributed by atoms with Gasteiger partial charge in [0.1, 0.15) is 12.2 Å². The Bertz CT molecular complexity index is 640. The van der Waals surface area contributed by atoms with Gasteiger partial charge in [0.15, 0.2) is 11.5 Å². The summed E-state index contributed by atoms with van der Waals surface area (Å²) in [5, 5.41) is 10.4. The maximum atomic E-state index is 10.4. The molecule has 2 heterocycles. The average molecular weight is 376 g/mol. The topological polar surface area (TPSA) is 41.9 Å². The van der Waals surface area contributed by atoms with Gasteiger partial charge < -0.3 is 14.6 Å². The number of hydrogen-bond donors (Lipinski definition) is 1. The number of rotatable bonds is 5. The Hall–Kier alpha value is -1.35. The number of benzene rings is 1. The van der Waals surface area contributed by atoms with E-state index in [2.05, 4.69) is 28.9 Å². The Kier molecular flexibility index (Phi) is 7.13. The Labute approximate surface area is 161 Å². The highest BCUT2D eigenvalue weighted by molar-refractivity contribution is 7.99. The van der Waals surface area contributed by atoms with Gasteiger partial charge in [-0.25, -0.2) is 0 Å². The van der Waals surface area contributed by atoms with Gasteiger partial charge in [-0.05, 0) is 68.0 Å². The van der Waals surface area contributed by atoms with Crippen LogP contribution in [0.1, 0.15) is 37.7 Å². The van der Waals surface area contributed by atoms with Crippen molar-refractivity contribution in [3.8, 4) is 23.3 Å². The molecule has 3 rings (SSSR count). The van der Waals surface area contributed by atoms with Crippen molar-refractivity contribution in [1.29, 1.82) is 0 Å². The summed E-state index contributed by atoms with van der Waals surface area (Å²) in [5.41, 5.74) is 0.396. The lowest BCUT2D eigenvalue weighted by molar-refractivity contribution is 0.0925. The summed E-state index contributed by atoms with van der Waals surface area (Å²) in [6.07, 6.45) is 5.39. The molecule has 0 spiro atoms. The van der Waals surface area contributed by atoms with E-state index in [0.29, 0.717) is 0 Å². The number of likely N-dealkylation sites (tertiary alicyclic amines) is 1. The zero-order valence-electron chi connectivity index (χ0n) is 15.6. The van der Waals surface area contributed by atoms with Gasteiger partial charge in [0.05, 0.1) is 7.11 Å². The summed E-state index contributed by atoms with van der Waals surface area (Å²) in [6, 6.07) is 6.13. The van der Waals surface area contributed by atoms with Crippen molar-refractivity contribution < 1.29 is 14.6 Å². The van der Waals surface area contributed by atoms with Crippen LogP contribution in [-0.4, -0.2) is 53.9 Å². The molecule has 0 amide bonds. The predicted octanol–water partition coefficient (Wildman–Crippen LogP) is 3.32. The number of aliphatic hydroxyl groups is 1. The first-order chi connectivity index (χ1) is 12.7. The third kappa shape index (κ3) is 5.57. The fourth-order valence-corrected chi connectivity index (χ4v) is 4.62. The van der Waals surface area contributed by atoms with E-state index < -0.39 is 5.60 Å². The van der Waals surface area contributed by atoms with Crippen molar-refractivity contribution >= 4 is 11.8 Å². The third-order valence-corrected chi connectivity index (χ3v) is 6.01. The van der Waals surface area contributed by atoms with Gasteiger partial charge in [0.2, 0.25) is 0 Å². The molecular weight excluding hydrogens is 346 g/mol. The van der Waals surface area contributed by atoms with E-state index in [1.54, 1.807) is 7.11 Å². The Balaban J connectivity index is 1.59. The minimum absolute atomic E-state index is 0.263. The first kappa shape index (κ1) is 19.4. The summed E-state index contributed by atoms with van der Waals surface area (Å²) < 4.78 is 11.3. The molecule has 5 heteroatoms.